The van der Waals surface area contributed by atoms with Gasteiger partial charge in [0.05, 0.1) is 0 Å². The Balaban J connectivity index is 0.00000220. The molecule has 1 heterocycles. The number of benzene rings is 1. The van der Waals surface area contributed by atoms with E-state index in [1.807, 2.05) is 19.1 Å². The Labute approximate surface area is 130 Å². The predicted octanol–water partition coefficient (Wildman–Crippen LogP) is 3.41. The lowest BCUT2D eigenvalue weighted by atomic mass is 9.96. The highest BCUT2D eigenvalue weighted by atomic mass is 35.5. The fraction of sp³-hybridized carbons (Fsp3) is 0.600. The Morgan fingerprint density at radius 2 is 2.05 bits per heavy atom. The highest BCUT2D eigenvalue weighted by Crippen LogP contribution is 2.26. The van der Waals surface area contributed by atoms with Crippen LogP contribution in [0.5, 0.6) is 5.75 Å². The lowest BCUT2D eigenvalue weighted by Crippen LogP contribution is -2.48. The number of alkyl halides is 2. The second-order valence-electron chi connectivity index (χ2n) is 5.38. The van der Waals surface area contributed by atoms with E-state index in [1.54, 1.807) is 12.1 Å². The number of rotatable bonds is 5. The number of halogens is 3. The molecule has 0 radical (unpaired) electrons. The number of likely N-dealkylation sites (tertiary alicyclic amines) is 1. The van der Waals surface area contributed by atoms with Crippen molar-refractivity contribution in [2.75, 3.05) is 6.54 Å². The van der Waals surface area contributed by atoms with E-state index in [2.05, 4.69) is 9.64 Å². The molecule has 21 heavy (non-hydrogen) atoms. The van der Waals surface area contributed by atoms with Crippen molar-refractivity contribution >= 4 is 12.4 Å². The van der Waals surface area contributed by atoms with Crippen LogP contribution in [-0.2, 0) is 6.54 Å². The minimum atomic E-state index is -2.79. The molecule has 120 valence electrons. The summed E-state index contributed by atoms with van der Waals surface area (Å²) in [5.41, 5.74) is 6.83. The number of piperidine rings is 1. The molecule has 1 aromatic carbocycles. The van der Waals surface area contributed by atoms with Gasteiger partial charge in [0, 0.05) is 24.2 Å². The molecule has 0 amide bonds. The van der Waals surface area contributed by atoms with E-state index >= 15 is 0 Å². The standard InChI is InChI=1S/C15H22F2N2O.ClH/c1-11(18)13-7-4-5-9-19(13)10-12-6-2-3-8-14(12)20-15(16)17;/h2-3,6,8,11,13,15H,4-5,7,9-10,18H2,1H3;1H. The molecule has 0 spiro atoms. The Morgan fingerprint density at radius 3 is 2.71 bits per heavy atom. The fourth-order valence-corrected chi connectivity index (χ4v) is 2.87. The van der Waals surface area contributed by atoms with Crippen LogP contribution in [0, 0.1) is 0 Å². The van der Waals surface area contributed by atoms with Crippen LogP contribution in [-0.4, -0.2) is 30.1 Å². The molecule has 1 fully saturated rings. The third kappa shape index (κ3) is 5.09. The van der Waals surface area contributed by atoms with Gasteiger partial charge in [-0.1, -0.05) is 24.6 Å². The lowest BCUT2D eigenvalue weighted by molar-refractivity contribution is -0.0510. The number of nitrogens with zero attached hydrogens (tertiary/aromatic N) is 1. The van der Waals surface area contributed by atoms with Crippen LogP contribution in [0.3, 0.4) is 0 Å². The molecule has 0 aromatic heterocycles. The average Bonchev–Trinajstić information content (AvgIpc) is 2.41. The van der Waals surface area contributed by atoms with Crippen LogP contribution in [0.1, 0.15) is 31.7 Å². The second kappa shape index (κ2) is 8.51. The maximum absolute atomic E-state index is 12.4. The summed E-state index contributed by atoms with van der Waals surface area (Å²) >= 11 is 0. The molecule has 0 bridgehead atoms. The molecule has 2 atom stereocenters. The molecule has 2 unspecified atom stereocenters. The monoisotopic (exact) mass is 320 g/mol. The summed E-state index contributed by atoms with van der Waals surface area (Å²) in [5, 5.41) is 0. The zero-order valence-corrected chi connectivity index (χ0v) is 13.0. The summed E-state index contributed by atoms with van der Waals surface area (Å²) in [6.45, 7) is 0.774. The topological polar surface area (TPSA) is 38.5 Å². The number of nitrogens with two attached hydrogens (primary N) is 1. The first-order valence-corrected chi connectivity index (χ1v) is 7.10. The van der Waals surface area contributed by atoms with Gasteiger partial charge in [-0.2, -0.15) is 8.78 Å². The highest BCUT2D eigenvalue weighted by molar-refractivity contribution is 5.85. The van der Waals surface area contributed by atoms with Crippen LogP contribution >= 0.6 is 12.4 Å². The summed E-state index contributed by atoms with van der Waals surface area (Å²) in [5.74, 6) is 0.261. The summed E-state index contributed by atoms with van der Waals surface area (Å²) in [6, 6.07) is 7.37. The molecule has 1 aromatic rings. The zero-order valence-electron chi connectivity index (χ0n) is 12.2. The van der Waals surface area contributed by atoms with Crippen molar-refractivity contribution in [1.82, 2.24) is 4.90 Å². The molecule has 1 aliphatic rings. The van der Waals surface area contributed by atoms with E-state index in [4.69, 9.17) is 5.73 Å². The van der Waals surface area contributed by atoms with Crippen molar-refractivity contribution in [2.45, 2.75) is 51.4 Å². The number of ether oxygens (including phenoxy) is 1. The van der Waals surface area contributed by atoms with Crippen molar-refractivity contribution < 1.29 is 13.5 Å². The highest BCUT2D eigenvalue weighted by Gasteiger charge is 2.26. The SMILES string of the molecule is CC(N)C1CCCCN1Cc1ccccc1OC(F)F.Cl. The van der Waals surface area contributed by atoms with E-state index < -0.39 is 6.61 Å². The van der Waals surface area contributed by atoms with Gasteiger partial charge in [-0.25, -0.2) is 0 Å². The molecule has 1 aliphatic heterocycles. The molecule has 2 N–H and O–H groups in total. The summed E-state index contributed by atoms with van der Waals surface area (Å²) < 4.78 is 29.4. The van der Waals surface area contributed by atoms with Gasteiger partial charge in [0.15, 0.2) is 0 Å². The van der Waals surface area contributed by atoms with Crippen molar-refractivity contribution in [3.63, 3.8) is 0 Å². The Morgan fingerprint density at radius 1 is 1.33 bits per heavy atom. The molecule has 0 aliphatic carbocycles. The van der Waals surface area contributed by atoms with E-state index in [0.717, 1.165) is 24.9 Å². The largest absolute Gasteiger partial charge is 0.434 e. The van der Waals surface area contributed by atoms with Crippen LogP contribution in [0.2, 0.25) is 0 Å². The molecule has 1 saturated heterocycles. The van der Waals surface area contributed by atoms with Gasteiger partial charge in [-0.3, -0.25) is 4.90 Å². The van der Waals surface area contributed by atoms with Gasteiger partial charge in [0.2, 0.25) is 0 Å². The number of hydrogen-bond acceptors (Lipinski definition) is 3. The summed E-state index contributed by atoms with van der Waals surface area (Å²) in [6.07, 6.45) is 3.37. The number of para-hydroxylation sites is 1. The Bertz CT molecular complexity index is 432. The first-order valence-electron chi connectivity index (χ1n) is 7.10. The fourth-order valence-electron chi connectivity index (χ4n) is 2.87. The summed E-state index contributed by atoms with van der Waals surface area (Å²) in [4.78, 5) is 2.28. The van der Waals surface area contributed by atoms with Crippen LogP contribution in [0.25, 0.3) is 0 Å². The lowest BCUT2D eigenvalue weighted by Gasteiger charge is -2.38. The third-order valence-corrected chi connectivity index (χ3v) is 3.83. The summed E-state index contributed by atoms with van der Waals surface area (Å²) in [7, 11) is 0. The quantitative estimate of drug-likeness (QED) is 0.903. The minimum absolute atomic E-state index is 0. The maximum Gasteiger partial charge on any atom is 0.387 e. The van der Waals surface area contributed by atoms with Crippen molar-refractivity contribution in [2.24, 2.45) is 5.73 Å². The van der Waals surface area contributed by atoms with E-state index in [0.29, 0.717) is 12.6 Å². The van der Waals surface area contributed by atoms with Crippen LogP contribution < -0.4 is 10.5 Å². The normalized spacial score (nSPS) is 20.9. The van der Waals surface area contributed by atoms with Crippen molar-refractivity contribution in [3.05, 3.63) is 29.8 Å². The van der Waals surface area contributed by atoms with Gasteiger partial charge in [0.1, 0.15) is 5.75 Å². The minimum Gasteiger partial charge on any atom is -0.434 e. The molecular formula is C15H23ClF2N2O. The second-order valence-corrected chi connectivity index (χ2v) is 5.38. The Hall–Kier alpha value is -0.910. The Kier molecular flexibility index (Phi) is 7.35. The van der Waals surface area contributed by atoms with Crippen molar-refractivity contribution in [1.29, 1.82) is 0 Å². The average molecular weight is 321 g/mol. The van der Waals surface area contributed by atoms with E-state index in [-0.39, 0.29) is 24.2 Å². The first-order chi connectivity index (χ1) is 9.58. The van der Waals surface area contributed by atoms with Gasteiger partial charge >= 0.3 is 6.61 Å². The van der Waals surface area contributed by atoms with Crippen LogP contribution in [0.15, 0.2) is 24.3 Å². The molecule has 0 saturated carbocycles. The van der Waals surface area contributed by atoms with Crippen LogP contribution in [0.4, 0.5) is 8.78 Å². The predicted molar refractivity (Wildman–Crippen MR) is 82.0 cm³/mol. The van der Waals surface area contributed by atoms with Gasteiger partial charge in [-0.15, -0.1) is 12.4 Å². The molecule has 6 heteroatoms. The smallest absolute Gasteiger partial charge is 0.387 e. The van der Waals surface area contributed by atoms with Gasteiger partial charge < -0.3 is 10.5 Å². The van der Waals surface area contributed by atoms with E-state index in [9.17, 15) is 8.78 Å². The zero-order chi connectivity index (χ0) is 14.5. The first kappa shape index (κ1) is 18.1. The molecule has 2 rings (SSSR count). The maximum atomic E-state index is 12.4. The number of hydrogen-bond donors (Lipinski definition) is 1. The van der Waals surface area contributed by atoms with Gasteiger partial charge in [0.25, 0.3) is 0 Å². The van der Waals surface area contributed by atoms with Gasteiger partial charge in [-0.05, 0) is 32.4 Å². The van der Waals surface area contributed by atoms with E-state index in [1.165, 1.54) is 6.42 Å². The molecule has 3 nitrogen and oxygen atoms in total. The molecular weight excluding hydrogens is 298 g/mol. The van der Waals surface area contributed by atoms with Crippen molar-refractivity contribution in [3.8, 4) is 5.75 Å². The third-order valence-electron chi connectivity index (χ3n) is 3.83.